The Hall–Kier alpha value is -8.27. The summed E-state index contributed by atoms with van der Waals surface area (Å²) < 4.78 is 7.12. The van der Waals surface area contributed by atoms with Crippen molar-refractivity contribution in [3.05, 3.63) is 200 Å². The molecule has 0 aliphatic rings. The third-order valence-electron chi connectivity index (χ3n) is 11.7. The number of hydrogen-bond donors (Lipinski definition) is 0. The summed E-state index contributed by atoms with van der Waals surface area (Å²) in [5.41, 5.74) is 13.0. The summed E-state index contributed by atoms with van der Waals surface area (Å²) in [6, 6.07) is 70.6. The lowest BCUT2D eigenvalue weighted by Crippen LogP contribution is -1.98. The molecular weight excluding hydrogens is 721 g/mol. The van der Waals surface area contributed by atoms with Crippen LogP contribution in [0.3, 0.4) is 0 Å². The van der Waals surface area contributed by atoms with E-state index in [0.29, 0.717) is 11.5 Å². The fraction of sp³-hybridized carbons (Fsp3) is 0. The van der Waals surface area contributed by atoms with Crippen molar-refractivity contribution in [1.82, 2.24) is 23.7 Å². The van der Waals surface area contributed by atoms with E-state index in [-0.39, 0.29) is 0 Å². The summed E-state index contributed by atoms with van der Waals surface area (Å²) in [7, 11) is 0. The van der Waals surface area contributed by atoms with E-state index >= 15 is 0 Å². The van der Waals surface area contributed by atoms with Crippen LogP contribution in [-0.2, 0) is 0 Å². The molecule has 0 N–H and O–H groups in total. The number of aromatic nitrogens is 5. The highest BCUT2D eigenvalue weighted by atomic mass is 15.0. The van der Waals surface area contributed by atoms with Gasteiger partial charge in [0, 0.05) is 66.6 Å². The number of rotatable bonds is 5. The number of para-hydroxylation sites is 4. The van der Waals surface area contributed by atoms with Crippen molar-refractivity contribution >= 4 is 65.4 Å². The Morgan fingerprint density at radius 2 is 0.746 bits per heavy atom. The maximum Gasteiger partial charge on any atom is 0.161 e. The molecule has 0 atom stereocenters. The van der Waals surface area contributed by atoms with Gasteiger partial charge in [0.05, 0.1) is 38.8 Å². The molecule has 274 valence electrons. The molecule has 6 nitrogen and oxygen atoms in total. The predicted octanol–water partition coefficient (Wildman–Crippen LogP) is 13.0. The van der Waals surface area contributed by atoms with Crippen LogP contribution in [0.25, 0.3) is 105 Å². The first-order valence-electron chi connectivity index (χ1n) is 19.7. The summed E-state index contributed by atoms with van der Waals surface area (Å²) in [6.45, 7) is 0. The summed E-state index contributed by atoms with van der Waals surface area (Å²) in [5, 5.41) is 17.1. The highest BCUT2D eigenvalue weighted by Gasteiger charge is 2.19. The smallest absolute Gasteiger partial charge is 0.161 e. The first kappa shape index (κ1) is 32.9. The highest BCUT2D eigenvalue weighted by molar-refractivity contribution is 6.14. The summed E-state index contributed by atoms with van der Waals surface area (Å²) >= 11 is 0. The largest absolute Gasteiger partial charge is 0.309 e. The zero-order valence-corrected chi connectivity index (χ0v) is 31.7. The molecule has 0 spiro atoms. The van der Waals surface area contributed by atoms with E-state index in [1.165, 1.54) is 43.6 Å². The summed E-state index contributed by atoms with van der Waals surface area (Å²) in [6.07, 6.45) is 0. The zero-order chi connectivity index (χ0) is 39.0. The fourth-order valence-electron chi connectivity index (χ4n) is 9.11. The van der Waals surface area contributed by atoms with Gasteiger partial charge >= 0.3 is 0 Å². The standard InChI is InChI=1S/C53H32N6/c54-33-36-30-46(34-12-2-1-3-13-34)56-53(55-36)35-22-24-37(25-23-35)57-51-28-26-38(58-47-18-8-4-14-40(47)41-15-5-9-19-48(41)58)31-44(51)45-32-39(27-29-52(45)57)59-49-20-10-6-16-42(49)43-17-7-11-21-50(43)59/h1-32H. The molecule has 0 aliphatic heterocycles. The average Bonchev–Trinajstić information content (AvgIpc) is 3.94. The topological polar surface area (TPSA) is 64.4 Å². The van der Waals surface area contributed by atoms with E-state index in [1.54, 1.807) is 6.07 Å². The van der Waals surface area contributed by atoms with Crippen molar-refractivity contribution in [2.24, 2.45) is 0 Å². The lowest BCUT2D eigenvalue weighted by molar-refractivity contribution is 1.14. The van der Waals surface area contributed by atoms with E-state index in [2.05, 4.69) is 182 Å². The van der Waals surface area contributed by atoms with Crippen molar-refractivity contribution in [3.8, 4) is 45.8 Å². The van der Waals surface area contributed by atoms with E-state index in [9.17, 15) is 5.26 Å². The van der Waals surface area contributed by atoms with E-state index in [0.717, 1.165) is 55.7 Å². The van der Waals surface area contributed by atoms with Crippen molar-refractivity contribution < 1.29 is 0 Å². The number of benzene rings is 8. The zero-order valence-electron chi connectivity index (χ0n) is 31.7. The van der Waals surface area contributed by atoms with Gasteiger partial charge in [0.1, 0.15) is 11.8 Å². The molecule has 0 aliphatic carbocycles. The quantitative estimate of drug-likeness (QED) is 0.176. The van der Waals surface area contributed by atoms with Gasteiger partial charge in [-0.1, -0.05) is 103 Å². The molecule has 12 rings (SSSR count). The predicted molar refractivity (Wildman–Crippen MR) is 241 cm³/mol. The van der Waals surface area contributed by atoms with Crippen LogP contribution in [0.2, 0.25) is 0 Å². The minimum atomic E-state index is 0.332. The molecule has 0 fully saturated rings. The molecule has 0 bridgehead atoms. The van der Waals surface area contributed by atoms with Crippen LogP contribution < -0.4 is 0 Å². The Bertz CT molecular complexity index is 3400. The maximum absolute atomic E-state index is 9.87. The molecular formula is C53H32N6. The number of nitriles is 1. The molecule has 0 saturated heterocycles. The van der Waals surface area contributed by atoms with Gasteiger partial charge in [-0.05, 0) is 84.9 Å². The van der Waals surface area contributed by atoms with Crippen LogP contribution in [0.4, 0.5) is 0 Å². The van der Waals surface area contributed by atoms with E-state index in [4.69, 9.17) is 4.98 Å². The van der Waals surface area contributed by atoms with Crippen molar-refractivity contribution in [3.63, 3.8) is 0 Å². The van der Waals surface area contributed by atoms with Crippen molar-refractivity contribution in [1.29, 1.82) is 5.26 Å². The van der Waals surface area contributed by atoms with E-state index in [1.807, 2.05) is 30.3 Å². The van der Waals surface area contributed by atoms with Gasteiger partial charge in [-0.15, -0.1) is 0 Å². The number of hydrogen-bond acceptors (Lipinski definition) is 3. The van der Waals surface area contributed by atoms with Crippen LogP contribution in [0.1, 0.15) is 5.69 Å². The molecule has 0 amide bonds. The van der Waals surface area contributed by atoms with Crippen LogP contribution in [0.15, 0.2) is 194 Å². The Balaban J connectivity index is 1.08. The van der Waals surface area contributed by atoms with Crippen LogP contribution in [-0.4, -0.2) is 23.7 Å². The fourth-order valence-corrected chi connectivity index (χ4v) is 9.11. The molecule has 6 heteroatoms. The van der Waals surface area contributed by atoms with Gasteiger partial charge in [-0.3, -0.25) is 0 Å². The summed E-state index contributed by atoms with van der Waals surface area (Å²) in [4.78, 5) is 9.51. The van der Waals surface area contributed by atoms with Crippen LogP contribution in [0, 0.1) is 11.3 Å². The average molecular weight is 753 g/mol. The van der Waals surface area contributed by atoms with Crippen molar-refractivity contribution in [2.75, 3.05) is 0 Å². The second kappa shape index (κ2) is 12.9. The second-order valence-corrected chi connectivity index (χ2v) is 15.0. The van der Waals surface area contributed by atoms with Crippen molar-refractivity contribution in [2.45, 2.75) is 0 Å². The van der Waals surface area contributed by atoms with Crippen LogP contribution >= 0.6 is 0 Å². The van der Waals surface area contributed by atoms with Gasteiger partial charge in [0.15, 0.2) is 5.82 Å². The monoisotopic (exact) mass is 752 g/mol. The first-order valence-corrected chi connectivity index (χ1v) is 19.7. The Kier molecular flexibility index (Phi) is 7.19. The third-order valence-corrected chi connectivity index (χ3v) is 11.7. The molecule has 0 unspecified atom stereocenters. The second-order valence-electron chi connectivity index (χ2n) is 15.0. The normalized spacial score (nSPS) is 11.7. The molecule has 4 heterocycles. The molecule has 0 radical (unpaired) electrons. The molecule has 12 aromatic rings. The highest BCUT2D eigenvalue weighted by Crippen LogP contribution is 2.39. The minimum absolute atomic E-state index is 0.332. The lowest BCUT2D eigenvalue weighted by atomic mass is 10.1. The van der Waals surface area contributed by atoms with Gasteiger partial charge in [-0.2, -0.15) is 5.26 Å². The lowest BCUT2D eigenvalue weighted by Gasteiger charge is -2.11. The molecule has 59 heavy (non-hydrogen) atoms. The maximum atomic E-state index is 9.87. The SMILES string of the molecule is N#Cc1cc(-c2ccccc2)nc(-c2ccc(-n3c4ccc(-n5c6ccccc6c6ccccc65)cc4c4cc(-n5c6ccccc6c6ccccc65)ccc43)cc2)n1. The Labute approximate surface area is 338 Å². The van der Waals surface area contributed by atoms with Gasteiger partial charge in [0.25, 0.3) is 0 Å². The number of fused-ring (bicyclic) bond motifs is 9. The van der Waals surface area contributed by atoms with Crippen LogP contribution in [0.5, 0.6) is 0 Å². The Morgan fingerprint density at radius 3 is 1.22 bits per heavy atom. The summed E-state index contributed by atoms with van der Waals surface area (Å²) in [5.74, 6) is 0.517. The van der Waals surface area contributed by atoms with Gasteiger partial charge in [0.2, 0.25) is 0 Å². The van der Waals surface area contributed by atoms with Gasteiger partial charge < -0.3 is 13.7 Å². The molecule has 0 saturated carbocycles. The van der Waals surface area contributed by atoms with Gasteiger partial charge in [-0.25, -0.2) is 9.97 Å². The first-order chi connectivity index (χ1) is 29.2. The Morgan fingerprint density at radius 1 is 0.339 bits per heavy atom. The minimum Gasteiger partial charge on any atom is -0.309 e. The third kappa shape index (κ3) is 5.05. The number of nitrogens with zero attached hydrogens (tertiary/aromatic N) is 6. The molecule has 4 aromatic heterocycles. The molecule has 8 aromatic carbocycles. The van der Waals surface area contributed by atoms with E-state index < -0.39 is 0 Å².